The molecule has 1 amide bonds. The summed E-state index contributed by atoms with van der Waals surface area (Å²) in [5.41, 5.74) is 1.56. The highest BCUT2D eigenvalue weighted by molar-refractivity contribution is 5.98. The van der Waals surface area contributed by atoms with Crippen LogP contribution >= 0.6 is 0 Å². The number of methoxy groups -OCH3 is 1. The second-order valence-corrected chi connectivity index (χ2v) is 4.08. The number of alkyl halides is 1. The molecule has 1 heterocycles. The van der Waals surface area contributed by atoms with Crippen LogP contribution in [0.2, 0.25) is 0 Å². The van der Waals surface area contributed by atoms with Crippen LogP contribution in [-0.4, -0.2) is 32.3 Å². The average Bonchev–Trinajstić information content (AvgIpc) is 2.43. The molecule has 6 heteroatoms. The molecule has 0 saturated heterocycles. The molecule has 0 aromatic heterocycles. The molecule has 0 spiro atoms. The number of nitrogens with one attached hydrogen (secondary N) is 1. The third-order valence-corrected chi connectivity index (χ3v) is 2.84. The van der Waals surface area contributed by atoms with E-state index in [4.69, 9.17) is 4.74 Å². The Hall–Kier alpha value is -2.11. The van der Waals surface area contributed by atoms with Gasteiger partial charge < -0.3 is 14.8 Å². The van der Waals surface area contributed by atoms with Crippen LogP contribution < -0.4 is 10.1 Å². The zero-order valence-corrected chi connectivity index (χ0v) is 10.5. The summed E-state index contributed by atoms with van der Waals surface area (Å²) >= 11 is 0. The van der Waals surface area contributed by atoms with E-state index in [2.05, 4.69) is 10.1 Å². The Balaban J connectivity index is 2.42. The van der Waals surface area contributed by atoms with Gasteiger partial charge in [-0.05, 0) is 18.6 Å². The van der Waals surface area contributed by atoms with Crippen LogP contribution in [0.4, 0.5) is 10.1 Å². The van der Waals surface area contributed by atoms with E-state index in [-0.39, 0.29) is 18.1 Å². The van der Waals surface area contributed by atoms with Crippen molar-refractivity contribution >= 4 is 17.6 Å². The topological polar surface area (TPSA) is 64.6 Å². The Morgan fingerprint density at radius 2 is 2.21 bits per heavy atom. The van der Waals surface area contributed by atoms with E-state index in [9.17, 15) is 14.0 Å². The predicted molar refractivity (Wildman–Crippen MR) is 66.2 cm³/mol. The van der Waals surface area contributed by atoms with Crippen LogP contribution in [0.15, 0.2) is 12.1 Å². The zero-order chi connectivity index (χ0) is 13.8. The first-order valence-corrected chi connectivity index (χ1v) is 5.89. The lowest BCUT2D eigenvalue weighted by atomic mass is 9.99. The molecular weight excluding hydrogens is 253 g/mol. The molecule has 5 nitrogen and oxygen atoms in total. The molecule has 1 aliphatic heterocycles. The lowest BCUT2D eigenvalue weighted by Crippen LogP contribution is -2.20. The number of rotatable bonds is 4. The Morgan fingerprint density at radius 1 is 1.42 bits per heavy atom. The molecule has 0 atom stereocenters. The van der Waals surface area contributed by atoms with Crippen molar-refractivity contribution in [1.82, 2.24) is 0 Å². The fourth-order valence-electron chi connectivity index (χ4n) is 1.98. The van der Waals surface area contributed by atoms with Crippen molar-refractivity contribution in [3.8, 4) is 5.75 Å². The number of ether oxygens (including phenoxy) is 2. The van der Waals surface area contributed by atoms with Gasteiger partial charge in [-0.1, -0.05) is 0 Å². The maximum atomic E-state index is 12.2. The van der Waals surface area contributed by atoms with Gasteiger partial charge in [0.25, 0.3) is 0 Å². The number of hydrogen-bond donors (Lipinski definition) is 1. The van der Waals surface area contributed by atoms with Crippen molar-refractivity contribution in [2.24, 2.45) is 0 Å². The Morgan fingerprint density at radius 3 is 2.89 bits per heavy atom. The van der Waals surface area contributed by atoms with Crippen LogP contribution in [0, 0.1) is 0 Å². The van der Waals surface area contributed by atoms with Gasteiger partial charge in [-0.2, -0.15) is 0 Å². The number of fused-ring (bicyclic) bond motifs is 1. The van der Waals surface area contributed by atoms with Gasteiger partial charge in [0.05, 0.1) is 12.7 Å². The summed E-state index contributed by atoms with van der Waals surface area (Å²) in [6.45, 7) is -0.714. The molecule has 102 valence electrons. The van der Waals surface area contributed by atoms with Crippen molar-refractivity contribution in [2.75, 3.05) is 25.7 Å². The highest BCUT2D eigenvalue weighted by Crippen LogP contribution is 2.33. The molecule has 19 heavy (non-hydrogen) atoms. The number of esters is 1. The molecule has 0 bridgehead atoms. The first-order chi connectivity index (χ1) is 9.15. The van der Waals surface area contributed by atoms with E-state index in [1.165, 1.54) is 13.2 Å². The predicted octanol–water partition coefficient (Wildman–Crippen LogP) is 1.71. The largest absolute Gasteiger partial charge is 0.490 e. The summed E-state index contributed by atoms with van der Waals surface area (Å²) in [5.74, 6) is -0.241. The lowest BCUT2D eigenvalue weighted by Gasteiger charge is -2.21. The summed E-state index contributed by atoms with van der Waals surface area (Å²) in [6, 6.07) is 3.05. The molecule has 1 aromatic rings. The van der Waals surface area contributed by atoms with E-state index < -0.39 is 12.6 Å². The number of carbonyl (C=O) groups excluding carboxylic acids is 2. The molecule has 2 rings (SSSR count). The summed E-state index contributed by atoms with van der Waals surface area (Å²) in [5, 5.41) is 2.68. The fraction of sp³-hybridized carbons (Fsp3) is 0.385. The Labute approximate surface area is 109 Å². The van der Waals surface area contributed by atoms with Gasteiger partial charge in [-0.3, -0.25) is 4.79 Å². The highest BCUT2D eigenvalue weighted by Gasteiger charge is 2.22. The Bertz CT molecular complexity index is 516. The van der Waals surface area contributed by atoms with Crippen molar-refractivity contribution < 1.29 is 23.5 Å². The molecule has 0 unspecified atom stereocenters. The fourth-order valence-corrected chi connectivity index (χ4v) is 1.98. The van der Waals surface area contributed by atoms with Crippen molar-refractivity contribution in [3.63, 3.8) is 0 Å². The van der Waals surface area contributed by atoms with Crippen LogP contribution in [0.25, 0.3) is 0 Å². The number of amides is 1. The number of benzene rings is 1. The Kier molecular flexibility index (Phi) is 3.99. The third-order valence-electron chi connectivity index (χ3n) is 2.84. The van der Waals surface area contributed by atoms with Gasteiger partial charge in [0, 0.05) is 17.7 Å². The minimum atomic E-state index is -0.621. The van der Waals surface area contributed by atoms with Crippen LogP contribution in [0.3, 0.4) is 0 Å². The van der Waals surface area contributed by atoms with Gasteiger partial charge in [0.15, 0.2) is 0 Å². The maximum Gasteiger partial charge on any atom is 0.338 e. The number of carbonyl (C=O) groups is 2. The zero-order valence-electron chi connectivity index (χ0n) is 10.5. The van der Waals surface area contributed by atoms with Crippen molar-refractivity contribution in [1.29, 1.82) is 0 Å². The molecule has 1 aromatic carbocycles. The molecule has 0 aliphatic carbocycles. The molecule has 1 N–H and O–H groups in total. The average molecular weight is 267 g/mol. The summed E-state index contributed by atoms with van der Waals surface area (Å²) in [6.07, 6.45) is 0.848. The van der Waals surface area contributed by atoms with E-state index >= 15 is 0 Å². The third kappa shape index (κ3) is 2.83. The van der Waals surface area contributed by atoms with Crippen LogP contribution in [0.1, 0.15) is 22.3 Å². The van der Waals surface area contributed by atoms with Gasteiger partial charge in [0.1, 0.15) is 19.0 Å². The monoisotopic (exact) mass is 267 g/mol. The highest BCUT2D eigenvalue weighted by atomic mass is 19.1. The van der Waals surface area contributed by atoms with Gasteiger partial charge in [-0.25, -0.2) is 9.18 Å². The summed E-state index contributed by atoms with van der Waals surface area (Å²) in [4.78, 5) is 22.9. The van der Waals surface area contributed by atoms with E-state index in [1.807, 2.05) is 0 Å². The SMILES string of the molecule is COC(=O)c1cc2c(c(OCCF)c1)CCC(=O)N2. The first kappa shape index (κ1) is 13.3. The van der Waals surface area contributed by atoms with Crippen molar-refractivity contribution in [3.05, 3.63) is 23.3 Å². The van der Waals surface area contributed by atoms with E-state index in [0.29, 0.717) is 24.3 Å². The molecule has 0 radical (unpaired) electrons. The standard InChI is InChI=1S/C13H14FNO4/c1-18-13(17)8-6-10-9(2-3-12(16)15-10)11(7-8)19-5-4-14/h6-7H,2-5H2,1H3,(H,15,16). The number of halogens is 1. The van der Waals surface area contributed by atoms with E-state index in [0.717, 1.165) is 5.56 Å². The quantitative estimate of drug-likeness (QED) is 0.843. The normalized spacial score (nSPS) is 13.5. The molecule has 1 aliphatic rings. The minimum absolute atomic E-state index is 0.0922. The smallest absolute Gasteiger partial charge is 0.338 e. The maximum absolute atomic E-state index is 12.2. The van der Waals surface area contributed by atoms with Gasteiger partial charge >= 0.3 is 5.97 Å². The lowest BCUT2D eigenvalue weighted by molar-refractivity contribution is -0.116. The molecule has 0 saturated carbocycles. The van der Waals surface area contributed by atoms with E-state index in [1.54, 1.807) is 6.07 Å². The number of anilines is 1. The second-order valence-electron chi connectivity index (χ2n) is 4.08. The van der Waals surface area contributed by atoms with Crippen LogP contribution in [0.5, 0.6) is 5.75 Å². The van der Waals surface area contributed by atoms with Crippen molar-refractivity contribution in [2.45, 2.75) is 12.8 Å². The molecular formula is C13H14FNO4. The van der Waals surface area contributed by atoms with Gasteiger partial charge in [-0.15, -0.1) is 0 Å². The minimum Gasteiger partial charge on any atom is -0.490 e. The van der Waals surface area contributed by atoms with Crippen LogP contribution in [-0.2, 0) is 16.0 Å². The summed E-state index contributed by atoms with van der Waals surface area (Å²) in [7, 11) is 1.27. The van der Waals surface area contributed by atoms with Gasteiger partial charge in [0.2, 0.25) is 5.91 Å². The molecule has 0 fully saturated rings. The first-order valence-electron chi connectivity index (χ1n) is 5.89. The number of hydrogen-bond acceptors (Lipinski definition) is 4. The summed E-state index contributed by atoms with van der Waals surface area (Å²) < 4.78 is 22.1. The second kappa shape index (κ2) is 5.69.